The van der Waals surface area contributed by atoms with Crippen LogP contribution in [0, 0.1) is 0 Å². The van der Waals surface area contributed by atoms with Crippen LogP contribution in [0.1, 0.15) is 23.0 Å². The Morgan fingerprint density at radius 1 is 0.679 bits per heavy atom. The lowest BCUT2D eigenvalue weighted by Gasteiger charge is -2.17. The van der Waals surface area contributed by atoms with Gasteiger partial charge >= 0.3 is 0 Å². The zero-order valence-electron chi connectivity index (χ0n) is 14.9. The van der Waals surface area contributed by atoms with Crippen LogP contribution in [0.4, 0.5) is 0 Å². The normalized spacial score (nSPS) is 14.3. The second-order valence-corrected chi connectivity index (χ2v) is 8.56. The minimum absolute atomic E-state index is 0.208. The van der Waals surface area contributed by atoms with Crippen LogP contribution in [0.3, 0.4) is 0 Å². The molecule has 0 aliphatic carbocycles. The van der Waals surface area contributed by atoms with Crippen LogP contribution in [0.5, 0.6) is 0 Å². The van der Waals surface area contributed by atoms with E-state index in [1.165, 1.54) is 0 Å². The molecular weight excluding hydrogens is 416 g/mol. The van der Waals surface area contributed by atoms with Gasteiger partial charge in [0.15, 0.2) is 22.2 Å². The SMILES string of the molecule is O=S(Cc1ccccc1)OC(OS(=O)Cc1ccccc1)c1ccc(Cl)cc1. The molecule has 2 unspecified atom stereocenters. The minimum Gasteiger partial charge on any atom is -0.252 e. The van der Waals surface area contributed by atoms with Crippen molar-refractivity contribution >= 4 is 33.8 Å². The third-order valence-electron chi connectivity index (χ3n) is 3.79. The molecule has 7 heteroatoms. The summed E-state index contributed by atoms with van der Waals surface area (Å²) in [6.07, 6.45) is -1.04. The molecule has 0 heterocycles. The molecule has 0 amide bonds. The van der Waals surface area contributed by atoms with Crippen LogP contribution in [-0.2, 0) is 42.0 Å². The average Bonchev–Trinajstić information content (AvgIpc) is 2.69. The van der Waals surface area contributed by atoms with Crippen LogP contribution >= 0.6 is 11.6 Å². The maximum Gasteiger partial charge on any atom is 0.214 e. The molecular formula is C21H19ClO4S2. The van der Waals surface area contributed by atoms with Gasteiger partial charge in [0, 0.05) is 10.6 Å². The van der Waals surface area contributed by atoms with Crippen LogP contribution in [-0.4, -0.2) is 8.42 Å². The van der Waals surface area contributed by atoms with Crippen molar-refractivity contribution in [3.05, 3.63) is 107 Å². The highest BCUT2D eigenvalue weighted by Gasteiger charge is 2.20. The predicted octanol–water partition coefficient (Wildman–Crippen LogP) is 5.10. The van der Waals surface area contributed by atoms with Gasteiger partial charge in [-0.3, -0.25) is 8.37 Å². The van der Waals surface area contributed by atoms with E-state index in [2.05, 4.69) is 0 Å². The quantitative estimate of drug-likeness (QED) is 0.439. The molecule has 146 valence electrons. The van der Waals surface area contributed by atoms with Crippen molar-refractivity contribution in [2.75, 3.05) is 0 Å². The Balaban J connectivity index is 1.70. The second kappa shape index (κ2) is 10.6. The standard InChI is InChI=1S/C21H19ClO4S2/c22-20-13-11-19(12-14-20)21(25-27(23)15-17-7-3-1-4-8-17)26-28(24)16-18-9-5-2-6-10-18/h1-14,21H,15-16H2. The molecule has 0 fully saturated rings. The van der Waals surface area contributed by atoms with Gasteiger partial charge in [-0.25, -0.2) is 8.42 Å². The number of rotatable bonds is 9. The predicted molar refractivity (Wildman–Crippen MR) is 113 cm³/mol. The van der Waals surface area contributed by atoms with E-state index >= 15 is 0 Å². The van der Waals surface area contributed by atoms with Gasteiger partial charge in [0.2, 0.25) is 6.29 Å². The fourth-order valence-electron chi connectivity index (χ4n) is 2.43. The van der Waals surface area contributed by atoms with E-state index in [-0.39, 0.29) is 11.5 Å². The van der Waals surface area contributed by atoms with Gasteiger partial charge in [-0.1, -0.05) is 84.4 Å². The third kappa shape index (κ3) is 6.65. The molecule has 0 saturated heterocycles. The Labute approximate surface area is 174 Å². The van der Waals surface area contributed by atoms with Gasteiger partial charge in [-0.05, 0) is 23.3 Å². The van der Waals surface area contributed by atoms with E-state index in [0.717, 1.165) is 11.1 Å². The fraction of sp³-hybridized carbons (Fsp3) is 0.143. The fourth-order valence-corrected chi connectivity index (χ4v) is 4.36. The monoisotopic (exact) mass is 434 g/mol. The summed E-state index contributed by atoms with van der Waals surface area (Å²) in [5.74, 6) is 0.416. The van der Waals surface area contributed by atoms with Gasteiger partial charge in [-0.2, -0.15) is 0 Å². The maximum absolute atomic E-state index is 12.5. The van der Waals surface area contributed by atoms with Crippen molar-refractivity contribution in [2.24, 2.45) is 0 Å². The Bertz CT molecular complexity index is 863. The third-order valence-corrected chi connectivity index (χ3v) is 5.96. The van der Waals surface area contributed by atoms with Crippen LogP contribution in [0.15, 0.2) is 84.9 Å². The highest BCUT2D eigenvalue weighted by molar-refractivity contribution is 7.80. The van der Waals surface area contributed by atoms with Gasteiger partial charge in [-0.15, -0.1) is 0 Å². The average molecular weight is 435 g/mol. The highest BCUT2D eigenvalue weighted by atomic mass is 35.5. The van der Waals surface area contributed by atoms with Crippen molar-refractivity contribution in [2.45, 2.75) is 17.8 Å². The van der Waals surface area contributed by atoms with Gasteiger partial charge < -0.3 is 0 Å². The molecule has 2 atom stereocenters. The maximum atomic E-state index is 12.5. The Kier molecular flexibility index (Phi) is 7.94. The smallest absolute Gasteiger partial charge is 0.214 e. The summed E-state index contributed by atoms with van der Waals surface area (Å²) in [6.45, 7) is 0. The molecule has 0 spiro atoms. The topological polar surface area (TPSA) is 52.6 Å². The van der Waals surface area contributed by atoms with Crippen LogP contribution < -0.4 is 0 Å². The van der Waals surface area contributed by atoms with Crippen LogP contribution in [0.25, 0.3) is 0 Å². The van der Waals surface area contributed by atoms with E-state index in [4.69, 9.17) is 20.0 Å². The molecule has 0 aliphatic heterocycles. The molecule has 3 aromatic carbocycles. The van der Waals surface area contributed by atoms with Crippen molar-refractivity contribution < 1.29 is 16.8 Å². The van der Waals surface area contributed by atoms with E-state index in [1.807, 2.05) is 60.7 Å². The summed E-state index contributed by atoms with van der Waals surface area (Å²) < 4.78 is 36.2. The molecule has 0 saturated carbocycles. The van der Waals surface area contributed by atoms with Crippen molar-refractivity contribution in [3.63, 3.8) is 0 Å². The van der Waals surface area contributed by atoms with E-state index in [0.29, 0.717) is 10.6 Å². The number of hydrogen-bond donors (Lipinski definition) is 0. The lowest BCUT2D eigenvalue weighted by atomic mass is 10.2. The Hall–Kier alpha value is -1.83. The van der Waals surface area contributed by atoms with Crippen molar-refractivity contribution in [1.82, 2.24) is 0 Å². The van der Waals surface area contributed by atoms with Gasteiger partial charge in [0.25, 0.3) is 0 Å². The molecule has 0 aliphatic rings. The summed E-state index contributed by atoms with van der Waals surface area (Å²) in [7, 11) is 0. The van der Waals surface area contributed by atoms with Crippen LogP contribution in [0.2, 0.25) is 5.02 Å². The summed E-state index contributed by atoms with van der Waals surface area (Å²) in [4.78, 5) is 0. The summed E-state index contributed by atoms with van der Waals surface area (Å²) in [5, 5.41) is 0.554. The number of hydrogen-bond acceptors (Lipinski definition) is 4. The molecule has 4 nitrogen and oxygen atoms in total. The molecule has 0 radical (unpaired) electrons. The van der Waals surface area contributed by atoms with Gasteiger partial charge in [0.05, 0.1) is 11.5 Å². The Morgan fingerprint density at radius 2 is 1.11 bits per heavy atom. The molecule has 0 N–H and O–H groups in total. The lowest BCUT2D eigenvalue weighted by Crippen LogP contribution is -2.14. The largest absolute Gasteiger partial charge is 0.252 e. The number of halogens is 1. The first-order valence-corrected chi connectivity index (χ1v) is 11.4. The minimum atomic E-state index is -1.66. The Morgan fingerprint density at radius 3 is 1.54 bits per heavy atom. The first kappa shape index (κ1) is 20.9. The zero-order chi connectivity index (χ0) is 19.8. The van der Waals surface area contributed by atoms with E-state index < -0.39 is 28.5 Å². The van der Waals surface area contributed by atoms with Crippen molar-refractivity contribution in [1.29, 1.82) is 0 Å². The van der Waals surface area contributed by atoms with E-state index in [9.17, 15) is 8.42 Å². The summed E-state index contributed by atoms with van der Waals surface area (Å²) >= 11 is 2.62. The van der Waals surface area contributed by atoms with Crippen molar-refractivity contribution in [3.8, 4) is 0 Å². The van der Waals surface area contributed by atoms with Gasteiger partial charge in [0.1, 0.15) is 0 Å². The summed E-state index contributed by atoms with van der Waals surface area (Å²) in [6, 6.07) is 25.5. The number of benzene rings is 3. The molecule has 28 heavy (non-hydrogen) atoms. The molecule has 0 bridgehead atoms. The first-order valence-electron chi connectivity index (χ1n) is 8.54. The first-order chi connectivity index (χ1) is 13.6. The molecule has 3 aromatic rings. The highest BCUT2D eigenvalue weighted by Crippen LogP contribution is 2.25. The molecule has 0 aromatic heterocycles. The van der Waals surface area contributed by atoms with E-state index in [1.54, 1.807) is 24.3 Å². The second-order valence-electron chi connectivity index (χ2n) is 5.94. The lowest BCUT2D eigenvalue weighted by molar-refractivity contribution is 0.0275. The zero-order valence-corrected chi connectivity index (χ0v) is 17.3. The molecule has 3 rings (SSSR count). The summed E-state index contributed by atoms with van der Waals surface area (Å²) in [5.41, 5.74) is 2.34.